The Kier molecular flexibility index (Phi) is 2.40. The molecule has 1 aromatic heterocycles. The number of hydrogen-bond donors (Lipinski definition) is 1. The van der Waals surface area contributed by atoms with Gasteiger partial charge in [0.2, 0.25) is 5.91 Å². The molecule has 0 saturated heterocycles. The molecule has 3 nitrogen and oxygen atoms in total. The van der Waals surface area contributed by atoms with Crippen LogP contribution in [0.2, 0.25) is 0 Å². The van der Waals surface area contributed by atoms with Gasteiger partial charge >= 0.3 is 0 Å². The normalized spacial score (nSPS) is 22.7. The lowest BCUT2D eigenvalue weighted by molar-refractivity contribution is -0.117. The Bertz CT molecular complexity index is 590. The molecule has 4 heteroatoms. The van der Waals surface area contributed by atoms with Crippen molar-refractivity contribution in [3.63, 3.8) is 0 Å². The van der Waals surface area contributed by atoms with Crippen molar-refractivity contribution < 1.29 is 4.79 Å². The Labute approximate surface area is 104 Å². The van der Waals surface area contributed by atoms with Crippen molar-refractivity contribution in [2.24, 2.45) is 11.8 Å². The first-order valence-corrected chi connectivity index (χ1v) is 6.64. The number of aryl methyl sites for hydroxylation is 1. The number of amides is 1. The Morgan fingerprint density at radius 2 is 2.29 bits per heavy atom. The monoisotopic (exact) mass is 246 g/mol. The quantitative estimate of drug-likeness (QED) is 0.884. The smallest absolute Gasteiger partial charge is 0.229 e. The molecule has 0 aliphatic heterocycles. The minimum absolute atomic E-state index is 0.120. The lowest BCUT2D eigenvalue weighted by atomic mass is 10.2. The van der Waals surface area contributed by atoms with Gasteiger partial charge in [-0.25, -0.2) is 4.98 Å². The summed E-state index contributed by atoms with van der Waals surface area (Å²) in [4.78, 5) is 16.3. The van der Waals surface area contributed by atoms with Crippen LogP contribution >= 0.6 is 11.3 Å². The van der Waals surface area contributed by atoms with Crippen LogP contribution in [0.25, 0.3) is 10.2 Å². The highest BCUT2D eigenvalue weighted by molar-refractivity contribution is 7.22. The van der Waals surface area contributed by atoms with Crippen LogP contribution in [0.5, 0.6) is 0 Å². The maximum absolute atomic E-state index is 11.8. The zero-order valence-electron chi connectivity index (χ0n) is 9.86. The number of rotatable bonds is 2. The predicted octanol–water partition coefficient (Wildman–Crippen LogP) is 3.20. The molecule has 3 rings (SSSR count). The summed E-state index contributed by atoms with van der Waals surface area (Å²) in [5.41, 5.74) is 2.15. The number of benzene rings is 1. The van der Waals surface area contributed by atoms with Gasteiger partial charge in [0.25, 0.3) is 0 Å². The van der Waals surface area contributed by atoms with Crippen molar-refractivity contribution in [2.75, 3.05) is 5.32 Å². The summed E-state index contributed by atoms with van der Waals surface area (Å²) in [5.74, 6) is 0.850. The van der Waals surface area contributed by atoms with E-state index in [1.54, 1.807) is 11.3 Å². The first-order valence-electron chi connectivity index (χ1n) is 5.82. The minimum Gasteiger partial charge on any atom is -0.302 e. The van der Waals surface area contributed by atoms with Crippen molar-refractivity contribution in [3.05, 3.63) is 23.8 Å². The Hall–Kier alpha value is -1.42. The maximum Gasteiger partial charge on any atom is 0.229 e. The number of carbonyl (C=O) groups excluding carboxylic acids is 1. The minimum atomic E-state index is 0.120. The number of para-hydroxylation sites is 1. The van der Waals surface area contributed by atoms with Gasteiger partial charge in [0, 0.05) is 5.92 Å². The fourth-order valence-corrected chi connectivity index (χ4v) is 2.97. The van der Waals surface area contributed by atoms with E-state index in [2.05, 4.69) is 17.2 Å². The standard InChI is InChI=1S/C13H14N2OS/c1-7-4-3-5-10-11(7)14-13(17-10)15-12(16)9-6-8(9)2/h3-5,8-9H,6H2,1-2H3,(H,14,15,16). The maximum atomic E-state index is 11.8. The number of fused-ring (bicyclic) bond motifs is 1. The molecular weight excluding hydrogens is 232 g/mol. The third kappa shape index (κ3) is 1.93. The van der Waals surface area contributed by atoms with Gasteiger partial charge in [-0.05, 0) is 30.9 Å². The van der Waals surface area contributed by atoms with E-state index in [0.717, 1.165) is 27.3 Å². The topological polar surface area (TPSA) is 42.0 Å². The van der Waals surface area contributed by atoms with Crippen LogP contribution in [0.3, 0.4) is 0 Å². The highest BCUT2D eigenvalue weighted by Crippen LogP contribution is 2.39. The highest BCUT2D eigenvalue weighted by Gasteiger charge is 2.39. The molecule has 88 valence electrons. The average Bonchev–Trinajstić information content (AvgIpc) is 2.87. The molecule has 1 aliphatic rings. The van der Waals surface area contributed by atoms with Crippen molar-refractivity contribution in [3.8, 4) is 0 Å². The number of anilines is 1. The second kappa shape index (κ2) is 3.81. The van der Waals surface area contributed by atoms with Crippen LogP contribution in [0.1, 0.15) is 18.9 Å². The number of thiazole rings is 1. The summed E-state index contributed by atoms with van der Waals surface area (Å²) in [6, 6.07) is 6.09. The molecular formula is C13H14N2OS. The van der Waals surface area contributed by atoms with Crippen LogP contribution in [0.4, 0.5) is 5.13 Å². The predicted molar refractivity (Wildman–Crippen MR) is 70.3 cm³/mol. The number of nitrogens with zero attached hydrogens (tertiary/aromatic N) is 1. The zero-order valence-corrected chi connectivity index (χ0v) is 10.7. The first-order chi connectivity index (χ1) is 8.15. The summed E-state index contributed by atoms with van der Waals surface area (Å²) >= 11 is 1.54. The largest absolute Gasteiger partial charge is 0.302 e. The molecule has 1 heterocycles. The Balaban J connectivity index is 1.86. The number of hydrogen-bond acceptors (Lipinski definition) is 3. The van der Waals surface area contributed by atoms with Crippen molar-refractivity contribution in [1.29, 1.82) is 0 Å². The molecule has 0 bridgehead atoms. The van der Waals surface area contributed by atoms with Crippen LogP contribution in [-0.2, 0) is 4.79 Å². The van der Waals surface area contributed by atoms with Gasteiger partial charge in [0.15, 0.2) is 5.13 Å². The molecule has 2 atom stereocenters. The van der Waals surface area contributed by atoms with E-state index in [1.165, 1.54) is 0 Å². The van der Waals surface area contributed by atoms with E-state index >= 15 is 0 Å². The van der Waals surface area contributed by atoms with E-state index in [-0.39, 0.29) is 11.8 Å². The van der Waals surface area contributed by atoms with E-state index in [0.29, 0.717) is 5.92 Å². The van der Waals surface area contributed by atoms with Gasteiger partial charge in [-0.2, -0.15) is 0 Å². The molecule has 0 radical (unpaired) electrons. The molecule has 0 spiro atoms. The summed E-state index contributed by atoms with van der Waals surface area (Å²) in [5, 5.41) is 3.64. The van der Waals surface area contributed by atoms with E-state index in [4.69, 9.17) is 0 Å². The summed E-state index contributed by atoms with van der Waals surface area (Å²) in [7, 11) is 0. The average molecular weight is 246 g/mol. The second-order valence-corrected chi connectivity index (χ2v) is 5.78. The van der Waals surface area contributed by atoms with E-state index in [1.807, 2.05) is 25.1 Å². The molecule has 1 aliphatic carbocycles. The van der Waals surface area contributed by atoms with Crippen molar-refractivity contribution in [1.82, 2.24) is 4.98 Å². The SMILES string of the molecule is Cc1cccc2sc(NC(=O)C3CC3C)nc12. The Morgan fingerprint density at radius 1 is 1.53 bits per heavy atom. The zero-order chi connectivity index (χ0) is 12.0. The fourth-order valence-electron chi connectivity index (χ4n) is 2.03. The third-order valence-corrected chi connectivity index (χ3v) is 4.23. The van der Waals surface area contributed by atoms with Gasteiger partial charge < -0.3 is 5.32 Å². The summed E-state index contributed by atoms with van der Waals surface area (Å²) in [6.07, 6.45) is 1.01. The van der Waals surface area contributed by atoms with Gasteiger partial charge in [-0.1, -0.05) is 30.4 Å². The lowest BCUT2D eigenvalue weighted by Crippen LogP contribution is -2.14. The number of carbonyl (C=O) groups is 1. The molecule has 17 heavy (non-hydrogen) atoms. The lowest BCUT2D eigenvalue weighted by Gasteiger charge is -1.98. The van der Waals surface area contributed by atoms with Crippen LogP contribution in [0.15, 0.2) is 18.2 Å². The van der Waals surface area contributed by atoms with E-state index in [9.17, 15) is 4.79 Å². The van der Waals surface area contributed by atoms with Gasteiger partial charge in [0.05, 0.1) is 10.2 Å². The third-order valence-electron chi connectivity index (χ3n) is 3.30. The van der Waals surface area contributed by atoms with Crippen molar-refractivity contribution in [2.45, 2.75) is 20.3 Å². The molecule has 1 N–H and O–H groups in total. The molecule has 1 fully saturated rings. The van der Waals surface area contributed by atoms with Crippen LogP contribution in [0, 0.1) is 18.8 Å². The molecule has 1 saturated carbocycles. The second-order valence-electron chi connectivity index (χ2n) is 4.75. The van der Waals surface area contributed by atoms with Gasteiger partial charge in [-0.3, -0.25) is 4.79 Å². The number of nitrogens with one attached hydrogen (secondary N) is 1. The van der Waals surface area contributed by atoms with Crippen LogP contribution < -0.4 is 5.32 Å². The van der Waals surface area contributed by atoms with Crippen LogP contribution in [-0.4, -0.2) is 10.9 Å². The molecule has 1 aromatic carbocycles. The van der Waals surface area contributed by atoms with Crippen molar-refractivity contribution >= 4 is 32.6 Å². The summed E-state index contributed by atoms with van der Waals surface area (Å²) < 4.78 is 1.13. The molecule has 2 unspecified atom stereocenters. The summed E-state index contributed by atoms with van der Waals surface area (Å²) in [6.45, 7) is 4.14. The molecule has 1 amide bonds. The number of aromatic nitrogens is 1. The Morgan fingerprint density at radius 3 is 2.94 bits per heavy atom. The molecule has 2 aromatic rings. The first kappa shape index (κ1) is 10.7. The fraction of sp³-hybridized carbons (Fsp3) is 0.385. The highest BCUT2D eigenvalue weighted by atomic mass is 32.1. The van der Waals surface area contributed by atoms with Gasteiger partial charge in [-0.15, -0.1) is 0 Å². The van der Waals surface area contributed by atoms with E-state index < -0.39 is 0 Å². The van der Waals surface area contributed by atoms with Gasteiger partial charge in [0.1, 0.15) is 0 Å².